The first-order valence-electron chi connectivity index (χ1n) is 16.2. The van der Waals surface area contributed by atoms with Crippen LogP contribution in [0.5, 0.6) is 0 Å². The molecule has 2 aromatic rings. The van der Waals surface area contributed by atoms with Crippen LogP contribution < -0.4 is 25.3 Å². The number of rotatable bonds is 16. The highest BCUT2D eigenvalue weighted by atomic mass is 16.5. The van der Waals surface area contributed by atoms with E-state index in [1.54, 1.807) is 6.07 Å². The van der Waals surface area contributed by atoms with Crippen molar-refractivity contribution in [3.8, 4) is 22.5 Å². The molecule has 0 bridgehead atoms. The van der Waals surface area contributed by atoms with E-state index in [0.29, 0.717) is 61.1 Å². The number of fused-ring (bicyclic) bond motifs is 2. The monoisotopic (exact) mass is 654 g/mol. The molecule has 13 heteroatoms. The minimum absolute atomic E-state index is 0.0107. The van der Waals surface area contributed by atoms with E-state index in [1.807, 2.05) is 36.4 Å². The fourth-order valence-electron chi connectivity index (χ4n) is 5.80. The number of carbonyl (C=O) groups excluding carboxylic acids is 2. The molecule has 0 radical (unpaired) electrons. The second kappa shape index (κ2) is 15.8. The van der Waals surface area contributed by atoms with Crippen LogP contribution in [0.2, 0.25) is 0 Å². The van der Waals surface area contributed by atoms with Crippen LogP contribution in [0, 0.1) is 0 Å². The second-order valence-electron chi connectivity index (χ2n) is 11.6. The highest BCUT2D eigenvalue weighted by molar-refractivity contribution is 6.09. The molecule has 0 atom stereocenters. The Hall–Kier alpha value is -4.94. The van der Waals surface area contributed by atoms with Crippen molar-refractivity contribution >= 4 is 28.5 Å². The Morgan fingerprint density at radius 2 is 1.69 bits per heavy atom. The molecule has 1 N–H and O–H groups in total. The molecule has 1 aliphatic carbocycles. The minimum atomic E-state index is -1.33. The highest BCUT2D eigenvalue weighted by Gasteiger charge is 2.24. The summed E-state index contributed by atoms with van der Waals surface area (Å²) in [6.07, 6.45) is 2.28. The summed E-state index contributed by atoms with van der Waals surface area (Å²) in [7, 11) is 0. The fraction of sp³-hybridized carbons (Fsp3) is 0.400. The lowest BCUT2D eigenvalue weighted by Crippen LogP contribution is -2.40. The molecule has 3 heterocycles. The molecule has 0 spiro atoms. The van der Waals surface area contributed by atoms with Crippen molar-refractivity contribution in [1.29, 1.82) is 0 Å². The van der Waals surface area contributed by atoms with Crippen LogP contribution >= 0.6 is 0 Å². The quantitative estimate of drug-likeness (QED) is 0.0481. The SMILES string of the molecule is [N-]=[N+]=NCCOCCOCCOCCNC(=O)c1ccc(C(=O)[O-])c(-c2c3ccc(=[N+]4CCC4)cc-3oc3cc(N4CCC4)ccc23)c1. The van der Waals surface area contributed by atoms with E-state index in [4.69, 9.17) is 24.2 Å². The minimum Gasteiger partial charge on any atom is -0.545 e. The number of carboxylic acid groups (broad SMARTS) is 1. The van der Waals surface area contributed by atoms with Gasteiger partial charge in [0.2, 0.25) is 5.36 Å². The molecule has 1 amide bonds. The number of amides is 1. The number of aromatic carboxylic acids is 1. The summed E-state index contributed by atoms with van der Waals surface area (Å²) in [4.78, 5) is 30.6. The lowest BCUT2D eigenvalue weighted by Gasteiger charge is -2.33. The van der Waals surface area contributed by atoms with Crippen molar-refractivity contribution < 1.29 is 33.3 Å². The van der Waals surface area contributed by atoms with Crippen molar-refractivity contribution in [2.75, 3.05) is 83.8 Å². The van der Waals surface area contributed by atoms with Crippen LogP contribution in [0.25, 0.3) is 43.9 Å². The van der Waals surface area contributed by atoms with Crippen LogP contribution in [-0.4, -0.2) is 90.8 Å². The third-order valence-corrected chi connectivity index (χ3v) is 8.58. The molecule has 3 aliphatic heterocycles. The average Bonchev–Trinajstić information content (AvgIpc) is 3.03. The molecular weight excluding hydrogens is 616 g/mol. The van der Waals surface area contributed by atoms with Gasteiger partial charge in [0, 0.05) is 76.6 Å². The Labute approximate surface area is 277 Å². The van der Waals surface area contributed by atoms with Gasteiger partial charge in [0.15, 0.2) is 0 Å². The molecule has 2 aromatic carbocycles. The zero-order valence-electron chi connectivity index (χ0n) is 26.7. The van der Waals surface area contributed by atoms with Gasteiger partial charge in [-0.25, -0.2) is 4.58 Å². The van der Waals surface area contributed by atoms with E-state index in [0.717, 1.165) is 61.0 Å². The number of carboxylic acids is 1. The summed E-state index contributed by atoms with van der Waals surface area (Å²) in [5.74, 6) is -1.04. The largest absolute Gasteiger partial charge is 0.545 e. The van der Waals surface area contributed by atoms with E-state index in [9.17, 15) is 14.7 Å². The Morgan fingerprint density at radius 1 is 0.917 bits per heavy atom. The van der Waals surface area contributed by atoms with E-state index in [-0.39, 0.29) is 31.2 Å². The number of azide groups is 1. The maximum Gasteiger partial charge on any atom is 0.251 e. The Morgan fingerprint density at radius 3 is 2.38 bits per heavy atom. The third kappa shape index (κ3) is 7.61. The molecule has 2 fully saturated rings. The van der Waals surface area contributed by atoms with E-state index < -0.39 is 5.97 Å². The number of nitrogens with zero attached hydrogens (tertiary/aromatic N) is 5. The zero-order valence-corrected chi connectivity index (χ0v) is 26.7. The van der Waals surface area contributed by atoms with Crippen molar-refractivity contribution in [1.82, 2.24) is 9.89 Å². The summed E-state index contributed by atoms with van der Waals surface area (Å²) < 4.78 is 25.0. The fourth-order valence-corrected chi connectivity index (χ4v) is 5.80. The summed E-state index contributed by atoms with van der Waals surface area (Å²) in [6, 6.07) is 16.6. The maximum absolute atomic E-state index is 13.2. The van der Waals surface area contributed by atoms with Gasteiger partial charge in [-0.2, -0.15) is 0 Å². The second-order valence-corrected chi connectivity index (χ2v) is 11.6. The molecular formula is C35H38N6O7. The molecule has 48 heavy (non-hydrogen) atoms. The number of carbonyl (C=O) groups is 2. The van der Waals surface area contributed by atoms with Gasteiger partial charge in [-0.05, 0) is 47.8 Å². The molecule has 0 aromatic heterocycles. The van der Waals surface area contributed by atoms with Crippen molar-refractivity contribution in [2.24, 2.45) is 5.11 Å². The topological polar surface area (TPSA) is 165 Å². The highest BCUT2D eigenvalue weighted by Crippen LogP contribution is 2.42. The van der Waals surface area contributed by atoms with Gasteiger partial charge in [-0.15, -0.1) is 0 Å². The number of anilines is 1. The molecule has 250 valence electrons. The van der Waals surface area contributed by atoms with E-state index in [2.05, 4.69) is 24.8 Å². The number of benzene rings is 3. The molecule has 6 rings (SSSR count). The summed E-state index contributed by atoms with van der Waals surface area (Å²) in [5.41, 5.74) is 12.0. The smallest absolute Gasteiger partial charge is 0.251 e. The molecule has 0 unspecified atom stereocenters. The maximum atomic E-state index is 13.2. The van der Waals surface area contributed by atoms with E-state index >= 15 is 0 Å². The first-order chi connectivity index (χ1) is 23.5. The standard InChI is InChI=1S/C35H38N6O7/c36-39-38-10-16-46-18-20-47-19-17-45-15-9-37-34(42)24-3-6-27(35(43)44)30(21-24)33-28-7-4-25(40-11-1-12-40)22-31(28)48-32-23-26(5-8-29(32)33)41-13-2-14-41/h3-8,21-23H,1-2,9-20H2,(H-,37,42,43,44). The number of hydrogen-bond donors (Lipinski definition) is 1. The van der Waals surface area contributed by atoms with Crippen LogP contribution in [0.15, 0.2) is 64.1 Å². The normalized spacial score (nSPS) is 14.0. The first-order valence-corrected chi connectivity index (χ1v) is 16.2. The summed E-state index contributed by atoms with van der Waals surface area (Å²) in [6.45, 7) is 6.56. The third-order valence-electron chi connectivity index (χ3n) is 8.58. The first kappa shape index (κ1) is 33.0. The van der Waals surface area contributed by atoms with Gasteiger partial charge in [0.05, 0.1) is 58.1 Å². The molecule has 4 aliphatic rings. The Bertz CT molecular complexity index is 1870. The average molecular weight is 655 g/mol. The van der Waals surface area contributed by atoms with Crippen molar-refractivity contribution in [3.05, 3.63) is 81.5 Å². The zero-order chi connectivity index (χ0) is 33.3. The number of hydrogen-bond acceptors (Lipinski definition) is 9. The predicted octanol–water partition coefficient (Wildman–Crippen LogP) is 3.04. The Balaban J connectivity index is 1.19. The lowest BCUT2D eigenvalue weighted by atomic mass is 9.89. The summed E-state index contributed by atoms with van der Waals surface area (Å²) >= 11 is 0. The summed E-state index contributed by atoms with van der Waals surface area (Å²) in [5, 5.41) is 20.5. The van der Waals surface area contributed by atoms with Crippen LogP contribution in [-0.2, 0) is 14.2 Å². The predicted molar refractivity (Wildman–Crippen MR) is 178 cm³/mol. The van der Waals surface area contributed by atoms with Crippen molar-refractivity contribution in [3.63, 3.8) is 0 Å². The number of ether oxygens (including phenoxy) is 3. The van der Waals surface area contributed by atoms with Crippen LogP contribution in [0.1, 0.15) is 33.6 Å². The van der Waals surface area contributed by atoms with Crippen LogP contribution in [0.3, 0.4) is 0 Å². The number of nitrogens with one attached hydrogen (secondary N) is 1. The van der Waals surface area contributed by atoms with Gasteiger partial charge in [0.1, 0.15) is 24.4 Å². The molecule has 13 nitrogen and oxygen atoms in total. The molecule has 2 saturated heterocycles. The van der Waals surface area contributed by atoms with Gasteiger partial charge >= 0.3 is 0 Å². The molecule has 0 saturated carbocycles. The van der Waals surface area contributed by atoms with Crippen molar-refractivity contribution in [2.45, 2.75) is 12.8 Å². The van der Waals surface area contributed by atoms with Gasteiger partial charge in [-0.3, -0.25) is 4.79 Å². The van der Waals surface area contributed by atoms with Gasteiger partial charge in [0.25, 0.3) is 5.91 Å². The Kier molecular flexibility index (Phi) is 10.8. The van der Waals surface area contributed by atoms with Crippen LogP contribution in [0.4, 0.5) is 5.69 Å². The van der Waals surface area contributed by atoms with Gasteiger partial charge in [-0.1, -0.05) is 11.2 Å². The lowest BCUT2D eigenvalue weighted by molar-refractivity contribution is -0.254. The van der Waals surface area contributed by atoms with E-state index in [1.165, 1.54) is 12.1 Å². The van der Waals surface area contributed by atoms with Gasteiger partial charge < -0.3 is 38.7 Å².